The van der Waals surface area contributed by atoms with Crippen LogP contribution in [0.15, 0.2) is 30.5 Å². The molecule has 0 saturated heterocycles. The second-order valence-corrected chi connectivity index (χ2v) is 2.88. The molecule has 2 heterocycles. The van der Waals surface area contributed by atoms with Crippen molar-refractivity contribution in [2.24, 2.45) is 0 Å². The molecule has 2 aromatic rings. The summed E-state index contributed by atoms with van der Waals surface area (Å²) < 4.78 is 37.0. The first-order valence-electron chi connectivity index (χ1n) is 5.11. The van der Waals surface area contributed by atoms with Crippen LogP contribution in [-0.2, 0) is 6.18 Å². The molecule has 0 bridgehead atoms. The fourth-order valence-corrected chi connectivity index (χ4v) is 1.14. The monoisotopic (exact) mass is 243 g/mol. The Balaban J connectivity index is 0.000000686. The van der Waals surface area contributed by atoms with E-state index in [4.69, 9.17) is 0 Å². The summed E-state index contributed by atoms with van der Waals surface area (Å²) in [5.74, 6) is 0. The van der Waals surface area contributed by atoms with Gasteiger partial charge in [-0.15, -0.1) is 0 Å². The maximum Gasteiger partial charge on any atom is 0.433 e. The lowest BCUT2D eigenvalue weighted by molar-refractivity contribution is -0.141. The van der Waals surface area contributed by atoms with E-state index < -0.39 is 11.9 Å². The zero-order valence-electron chi connectivity index (χ0n) is 9.42. The molecule has 0 aromatic carbocycles. The van der Waals surface area contributed by atoms with E-state index in [1.54, 1.807) is 6.07 Å². The van der Waals surface area contributed by atoms with E-state index >= 15 is 0 Å². The molecule has 0 aliphatic carbocycles. The highest BCUT2D eigenvalue weighted by molar-refractivity contribution is 5.53. The Kier molecular flexibility index (Phi) is 4.25. The van der Waals surface area contributed by atoms with Gasteiger partial charge in [-0.05, 0) is 18.2 Å². The van der Waals surface area contributed by atoms with E-state index in [-0.39, 0.29) is 5.69 Å². The van der Waals surface area contributed by atoms with Crippen molar-refractivity contribution in [2.75, 3.05) is 0 Å². The van der Waals surface area contributed by atoms with E-state index in [9.17, 15) is 13.2 Å². The van der Waals surface area contributed by atoms with Crippen LogP contribution >= 0.6 is 0 Å². The molecule has 0 spiro atoms. The van der Waals surface area contributed by atoms with Crippen LogP contribution in [-0.4, -0.2) is 15.2 Å². The molecule has 0 atom stereocenters. The van der Waals surface area contributed by atoms with Crippen molar-refractivity contribution in [3.63, 3.8) is 0 Å². The number of H-pyrrole nitrogens is 1. The minimum absolute atomic E-state index is 0.224. The third kappa shape index (κ3) is 3.30. The molecule has 0 saturated carbocycles. The maximum atomic E-state index is 12.3. The Bertz CT molecular complexity index is 449. The number of nitrogens with one attached hydrogen (secondary N) is 1. The summed E-state index contributed by atoms with van der Waals surface area (Å²) in [7, 11) is 0. The van der Waals surface area contributed by atoms with Gasteiger partial charge in [0, 0.05) is 6.20 Å². The highest BCUT2D eigenvalue weighted by Crippen LogP contribution is 2.28. The number of hydrogen-bond donors (Lipinski definition) is 1. The minimum atomic E-state index is -4.42. The van der Waals surface area contributed by atoms with Gasteiger partial charge in [0.1, 0.15) is 5.69 Å². The first-order valence-corrected chi connectivity index (χ1v) is 5.11. The molecule has 0 radical (unpaired) electrons. The average molecular weight is 243 g/mol. The summed E-state index contributed by atoms with van der Waals surface area (Å²) in [6.45, 7) is 4.00. The van der Waals surface area contributed by atoms with E-state index in [0.29, 0.717) is 5.69 Å². The van der Waals surface area contributed by atoms with E-state index in [0.717, 1.165) is 6.07 Å². The molecule has 0 unspecified atom stereocenters. The zero-order valence-corrected chi connectivity index (χ0v) is 9.42. The van der Waals surface area contributed by atoms with Gasteiger partial charge < -0.3 is 0 Å². The lowest BCUT2D eigenvalue weighted by Gasteiger charge is -2.06. The van der Waals surface area contributed by atoms with Crippen LogP contribution in [0.4, 0.5) is 13.2 Å². The van der Waals surface area contributed by atoms with Crippen LogP contribution < -0.4 is 0 Å². The lowest BCUT2D eigenvalue weighted by Crippen LogP contribution is -2.08. The van der Waals surface area contributed by atoms with Gasteiger partial charge in [-0.3, -0.25) is 5.10 Å². The van der Waals surface area contributed by atoms with Crippen molar-refractivity contribution in [2.45, 2.75) is 20.0 Å². The molecular formula is C11H12F3N3. The average Bonchev–Trinajstić information content (AvgIpc) is 2.84. The number of aromatic nitrogens is 3. The Morgan fingerprint density at radius 3 is 2.35 bits per heavy atom. The van der Waals surface area contributed by atoms with Crippen molar-refractivity contribution in [3.05, 3.63) is 36.2 Å². The van der Waals surface area contributed by atoms with Crippen molar-refractivity contribution >= 4 is 0 Å². The molecule has 0 aliphatic heterocycles. The van der Waals surface area contributed by atoms with Crippen molar-refractivity contribution < 1.29 is 13.2 Å². The van der Waals surface area contributed by atoms with Crippen LogP contribution in [0.3, 0.4) is 0 Å². The Morgan fingerprint density at radius 1 is 1.12 bits per heavy atom. The predicted molar refractivity (Wildman–Crippen MR) is 58.2 cm³/mol. The van der Waals surface area contributed by atoms with Gasteiger partial charge >= 0.3 is 6.18 Å². The molecular weight excluding hydrogens is 231 g/mol. The molecule has 6 heteroatoms. The second-order valence-electron chi connectivity index (χ2n) is 2.88. The summed E-state index contributed by atoms with van der Waals surface area (Å²) in [6, 6.07) is 5.29. The molecule has 3 nitrogen and oxygen atoms in total. The largest absolute Gasteiger partial charge is 0.433 e. The predicted octanol–water partition coefficient (Wildman–Crippen LogP) is 3.52. The number of pyridine rings is 1. The molecule has 0 aliphatic rings. The summed E-state index contributed by atoms with van der Waals surface area (Å²) >= 11 is 0. The van der Waals surface area contributed by atoms with E-state index in [1.807, 2.05) is 13.8 Å². The van der Waals surface area contributed by atoms with E-state index in [2.05, 4.69) is 15.2 Å². The van der Waals surface area contributed by atoms with Gasteiger partial charge in [-0.1, -0.05) is 19.9 Å². The van der Waals surface area contributed by atoms with Crippen LogP contribution in [0, 0.1) is 0 Å². The number of halogens is 3. The van der Waals surface area contributed by atoms with Crippen molar-refractivity contribution in [1.82, 2.24) is 15.2 Å². The number of alkyl halides is 3. The Morgan fingerprint density at radius 2 is 1.82 bits per heavy atom. The molecule has 17 heavy (non-hydrogen) atoms. The molecule has 2 rings (SSSR count). The van der Waals surface area contributed by atoms with Crippen LogP contribution in [0.1, 0.15) is 19.5 Å². The van der Waals surface area contributed by atoms with Gasteiger partial charge in [-0.2, -0.15) is 18.3 Å². The SMILES string of the molecule is CC.FC(F)(F)c1cccc(-c2ccn[nH]2)n1. The standard InChI is InChI=1S/C9H6F3N3.C2H6/c10-9(11,12)8-3-1-2-6(14-8)7-4-5-13-15-7;1-2/h1-5H,(H,13,15);1-2H3. The molecule has 0 fully saturated rings. The fourth-order valence-electron chi connectivity index (χ4n) is 1.14. The van der Waals surface area contributed by atoms with Gasteiger partial charge in [-0.25, -0.2) is 4.98 Å². The lowest BCUT2D eigenvalue weighted by atomic mass is 10.2. The Labute approximate surface area is 96.7 Å². The number of hydrogen-bond acceptors (Lipinski definition) is 2. The normalized spacial score (nSPS) is 10.6. The summed E-state index contributed by atoms with van der Waals surface area (Å²) in [5, 5.41) is 6.20. The van der Waals surface area contributed by atoms with Crippen LogP contribution in [0.5, 0.6) is 0 Å². The number of nitrogens with zero attached hydrogens (tertiary/aromatic N) is 2. The summed E-state index contributed by atoms with van der Waals surface area (Å²) in [5.41, 5.74) is -0.224. The Hall–Kier alpha value is -1.85. The third-order valence-corrected chi connectivity index (χ3v) is 1.82. The highest BCUT2D eigenvalue weighted by Gasteiger charge is 2.32. The van der Waals surface area contributed by atoms with Crippen LogP contribution in [0.2, 0.25) is 0 Å². The first kappa shape index (κ1) is 13.2. The number of aromatic amines is 1. The molecule has 2 aromatic heterocycles. The quantitative estimate of drug-likeness (QED) is 0.832. The van der Waals surface area contributed by atoms with Crippen molar-refractivity contribution in [3.8, 4) is 11.4 Å². The smallest absolute Gasteiger partial charge is 0.276 e. The number of rotatable bonds is 1. The molecule has 0 amide bonds. The second kappa shape index (κ2) is 5.47. The van der Waals surface area contributed by atoms with Gasteiger partial charge in [0.05, 0.1) is 11.4 Å². The van der Waals surface area contributed by atoms with Crippen molar-refractivity contribution in [1.29, 1.82) is 0 Å². The van der Waals surface area contributed by atoms with Gasteiger partial charge in [0.2, 0.25) is 0 Å². The molecule has 1 N–H and O–H groups in total. The summed E-state index contributed by atoms with van der Waals surface area (Å²) in [6.07, 6.45) is -2.96. The summed E-state index contributed by atoms with van der Waals surface area (Å²) in [4.78, 5) is 3.49. The zero-order chi connectivity index (χ0) is 12.9. The molecule has 92 valence electrons. The van der Waals surface area contributed by atoms with Crippen LogP contribution in [0.25, 0.3) is 11.4 Å². The topological polar surface area (TPSA) is 41.6 Å². The first-order chi connectivity index (χ1) is 8.07. The fraction of sp³-hybridized carbons (Fsp3) is 0.273. The third-order valence-electron chi connectivity index (χ3n) is 1.82. The van der Waals surface area contributed by atoms with Gasteiger partial charge in [0.25, 0.3) is 0 Å². The van der Waals surface area contributed by atoms with Gasteiger partial charge in [0.15, 0.2) is 0 Å². The minimum Gasteiger partial charge on any atom is -0.276 e. The highest BCUT2D eigenvalue weighted by atomic mass is 19.4. The van der Waals surface area contributed by atoms with E-state index in [1.165, 1.54) is 18.3 Å². The maximum absolute atomic E-state index is 12.3.